The van der Waals surface area contributed by atoms with Gasteiger partial charge in [0.25, 0.3) is 0 Å². The van der Waals surface area contributed by atoms with Crippen molar-refractivity contribution in [3.8, 4) is 0 Å². The average Bonchev–Trinajstić information content (AvgIpc) is 2.33. The molecule has 0 radical (unpaired) electrons. The Balaban J connectivity index is -0.000000355. The van der Waals surface area contributed by atoms with Crippen molar-refractivity contribution in [3.05, 3.63) is 29.8 Å². The highest BCUT2D eigenvalue weighted by molar-refractivity contribution is 5.65. The average molecular weight is 227 g/mol. The maximum atomic E-state index is 10.4. The lowest BCUT2D eigenvalue weighted by Crippen LogP contribution is -1.98. The Kier molecular flexibility index (Phi) is 12.2. The van der Waals surface area contributed by atoms with Crippen LogP contribution in [0.15, 0.2) is 24.3 Å². The first-order chi connectivity index (χ1) is 7.68. The molecule has 0 amide bonds. The summed E-state index contributed by atoms with van der Waals surface area (Å²) in [4.78, 5) is 10.4. The molecule has 0 unspecified atom stereocenters. The number of nitrogens with two attached hydrogens (primary N) is 1. The van der Waals surface area contributed by atoms with E-state index in [0.717, 1.165) is 5.56 Å². The summed E-state index contributed by atoms with van der Waals surface area (Å²) >= 11 is 0. The molecule has 0 aliphatic carbocycles. The zero-order valence-corrected chi connectivity index (χ0v) is 10.9. The van der Waals surface area contributed by atoms with Crippen LogP contribution < -0.4 is 5.73 Å². The first-order valence-corrected chi connectivity index (χ1v) is 5.66. The van der Waals surface area contributed by atoms with Gasteiger partial charge >= 0.3 is 5.97 Å². The zero-order valence-electron chi connectivity index (χ0n) is 10.9. The number of anilines is 1. The van der Waals surface area contributed by atoms with E-state index in [4.69, 9.17) is 10.5 Å². The van der Waals surface area contributed by atoms with Gasteiger partial charge in [0.15, 0.2) is 0 Å². The third-order valence-corrected chi connectivity index (χ3v) is 1.42. The topological polar surface area (TPSA) is 52.3 Å². The van der Waals surface area contributed by atoms with Gasteiger partial charge in [-0.2, -0.15) is 0 Å². The maximum Gasteiger partial charge on any atom is 0.302 e. The molecule has 94 valence electrons. The molecule has 0 aromatic heterocycles. The molecule has 0 heterocycles. The molecule has 2 N–H and O–H groups in total. The highest BCUT2D eigenvalue weighted by Crippen LogP contribution is 2.06. The van der Waals surface area contributed by atoms with Crippen molar-refractivity contribution in [2.75, 3.05) is 5.73 Å². The Morgan fingerprint density at radius 2 is 1.62 bits per heavy atom. The summed E-state index contributed by atoms with van der Waals surface area (Å²) in [5.74, 6) is -0.271. The van der Waals surface area contributed by atoms with Gasteiger partial charge < -0.3 is 10.5 Å². The fourth-order valence-corrected chi connectivity index (χ4v) is 0.799. The van der Waals surface area contributed by atoms with Crippen molar-refractivity contribution in [3.63, 3.8) is 0 Å². The molecular weight excluding hydrogens is 202 g/mol. The Hall–Kier alpha value is -1.51. The summed E-state index contributed by atoms with van der Waals surface area (Å²) in [6.45, 7) is 9.70. The molecule has 3 heteroatoms. The first kappa shape index (κ1) is 16.9. The van der Waals surface area contributed by atoms with Crippen LogP contribution in [0.5, 0.6) is 0 Å². The second-order valence-electron chi connectivity index (χ2n) is 2.52. The zero-order chi connectivity index (χ0) is 13.0. The van der Waals surface area contributed by atoms with E-state index < -0.39 is 0 Å². The van der Waals surface area contributed by atoms with Gasteiger partial charge in [-0.1, -0.05) is 39.8 Å². The van der Waals surface area contributed by atoms with Crippen LogP contribution in [0.4, 0.5) is 5.69 Å². The lowest BCUT2D eigenvalue weighted by atomic mass is 10.2. The van der Waals surface area contributed by atoms with Crippen LogP contribution in [0, 0.1) is 0 Å². The normalized spacial score (nSPS) is 7.81. The quantitative estimate of drug-likeness (QED) is 0.620. The molecule has 0 aliphatic heterocycles. The van der Waals surface area contributed by atoms with E-state index >= 15 is 0 Å². The minimum Gasteiger partial charge on any atom is -0.461 e. The Bertz CT molecular complexity index is 273. The highest BCUT2D eigenvalue weighted by Gasteiger charge is 1.94. The Morgan fingerprint density at radius 1 is 1.19 bits per heavy atom. The Labute approximate surface area is 100 Å². The van der Waals surface area contributed by atoms with Crippen molar-refractivity contribution in [2.45, 2.75) is 41.2 Å². The predicted octanol–water partition coefficient (Wildman–Crippen LogP) is 3.63. The summed E-state index contributed by atoms with van der Waals surface area (Å²) in [7, 11) is 0. The van der Waals surface area contributed by atoms with Crippen LogP contribution in [0.1, 0.15) is 41.6 Å². The van der Waals surface area contributed by atoms with Crippen molar-refractivity contribution >= 4 is 11.7 Å². The molecule has 0 aliphatic rings. The van der Waals surface area contributed by atoms with Gasteiger partial charge in [0, 0.05) is 14.0 Å². The monoisotopic (exact) mass is 227 g/mol. The number of carbonyl (C=O) groups excluding carboxylic acids is 1. The van der Waals surface area contributed by atoms with Gasteiger partial charge in [0.1, 0.15) is 6.61 Å². The van der Waals surface area contributed by atoms with Crippen molar-refractivity contribution < 1.29 is 11.0 Å². The number of benzene rings is 1. The van der Waals surface area contributed by atoms with Gasteiger partial charge in [-0.15, -0.1) is 0 Å². The molecule has 1 aromatic rings. The number of hydrogen-bond acceptors (Lipinski definition) is 3. The number of carbonyl (C=O) groups is 1. The van der Waals surface area contributed by atoms with Crippen LogP contribution in [-0.2, 0) is 16.1 Å². The minimum absolute atomic E-state index is 0. The number of esters is 1. The molecule has 16 heavy (non-hydrogen) atoms. The van der Waals surface area contributed by atoms with Gasteiger partial charge in [-0.3, -0.25) is 4.79 Å². The smallest absolute Gasteiger partial charge is 0.302 e. The molecule has 0 saturated carbocycles. The van der Waals surface area contributed by atoms with E-state index in [0.29, 0.717) is 12.3 Å². The van der Waals surface area contributed by atoms with E-state index in [1.54, 1.807) is 12.1 Å². The molecule has 0 saturated heterocycles. The fraction of sp³-hybridized carbons (Fsp3) is 0.462. The SMILES string of the molecule is CC.CC.CC(=O)OCc1ccc(N)cc1.[HH]. The Morgan fingerprint density at radius 3 is 2.00 bits per heavy atom. The predicted molar refractivity (Wildman–Crippen MR) is 71.1 cm³/mol. The largest absolute Gasteiger partial charge is 0.461 e. The van der Waals surface area contributed by atoms with Crippen LogP contribution in [0.25, 0.3) is 0 Å². The number of hydrogen-bond donors (Lipinski definition) is 1. The van der Waals surface area contributed by atoms with Gasteiger partial charge in [0.2, 0.25) is 0 Å². The lowest BCUT2D eigenvalue weighted by Gasteiger charge is -2.01. The van der Waals surface area contributed by atoms with Gasteiger partial charge in [-0.25, -0.2) is 0 Å². The molecule has 0 atom stereocenters. The number of rotatable bonds is 2. The van der Waals surface area contributed by atoms with Crippen molar-refractivity contribution in [1.82, 2.24) is 0 Å². The van der Waals surface area contributed by atoms with Crippen molar-refractivity contribution in [2.24, 2.45) is 0 Å². The molecule has 0 bridgehead atoms. The third kappa shape index (κ3) is 9.06. The molecule has 1 rings (SSSR count). The van der Waals surface area contributed by atoms with Crippen molar-refractivity contribution in [1.29, 1.82) is 0 Å². The number of nitrogen functional groups attached to an aromatic ring is 1. The van der Waals surface area contributed by atoms with E-state index in [9.17, 15) is 4.79 Å². The molecule has 0 fully saturated rings. The van der Waals surface area contributed by atoms with E-state index in [-0.39, 0.29) is 7.40 Å². The highest BCUT2D eigenvalue weighted by atomic mass is 16.5. The van der Waals surface area contributed by atoms with E-state index in [1.165, 1.54) is 6.92 Å². The molecular formula is C13H25NO2. The fourth-order valence-electron chi connectivity index (χ4n) is 0.799. The summed E-state index contributed by atoms with van der Waals surface area (Å²) in [5, 5.41) is 0. The van der Waals surface area contributed by atoms with Gasteiger partial charge in [-0.05, 0) is 17.7 Å². The molecule has 1 aromatic carbocycles. The third-order valence-electron chi connectivity index (χ3n) is 1.42. The first-order valence-electron chi connectivity index (χ1n) is 5.66. The summed E-state index contributed by atoms with van der Waals surface area (Å²) in [6.07, 6.45) is 0. The maximum absolute atomic E-state index is 10.4. The lowest BCUT2D eigenvalue weighted by molar-refractivity contribution is -0.142. The van der Waals surface area contributed by atoms with Crippen LogP contribution in [0.2, 0.25) is 0 Å². The van der Waals surface area contributed by atoms with Crippen LogP contribution >= 0.6 is 0 Å². The molecule has 0 spiro atoms. The summed E-state index contributed by atoms with van der Waals surface area (Å²) in [5.41, 5.74) is 7.13. The molecule has 3 nitrogen and oxygen atoms in total. The summed E-state index contributed by atoms with van der Waals surface area (Å²) < 4.78 is 4.79. The summed E-state index contributed by atoms with van der Waals surface area (Å²) in [6, 6.07) is 7.22. The van der Waals surface area contributed by atoms with Crippen LogP contribution in [0.3, 0.4) is 0 Å². The van der Waals surface area contributed by atoms with Gasteiger partial charge in [0.05, 0.1) is 0 Å². The second-order valence-corrected chi connectivity index (χ2v) is 2.52. The van der Waals surface area contributed by atoms with Crippen LogP contribution in [-0.4, -0.2) is 5.97 Å². The standard InChI is InChI=1S/C9H11NO2.2C2H6.H2/c1-7(11)12-6-8-2-4-9(10)5-3-8;2*1-2;/h2-5H,6,10H2,1H3;2*1-2H3;1H. The van der Waals surface area contributed by atoms with E-state index in [1.807, 2.05) is 39.8 Å². The minimum atomic E-state index is -0.271. The number of ether oxygens (including phenoxy) is 1. The van der Waals surface area contributed by atoms with E-state index in [2.05, 4.69) is 0 Å². The second kappa shape index (κ2) is 11.6.